The number of fused-ring (bicyclic) bond motifs is 13. The normalized spacial score (nSPS) is 12.1. The zero-order valence-corrected chi connectivity index (χ0v) is 23.8. The lowest BCUT2D eigenvalue weighted by Gasteiger charge is -2.14. The molecule has 0 saturated carbocycles. The molecule has 0 aliphatic carbocycles. The third-order valence-corrected chi connectivity index (χ3v) is 9.24. The molecule has 44 heavy (non-hydrogen) atoms. The largest absolute Gasteiger partial charge is 0.309 e. The van der Waals surface area contributed by atoms with Crippen LogP contribution >= 0.6 is 0 Å². The Hall–Kier alpha value is -5.93. The van der Waals surface area contributed by atoms with Crippen molar-refractivity contribution < 1.29 is 0 Å². The van der Waals surface area contributed by atoms with Crippen molar-refractivity contribution in [3.63, 3.8) is 0 Å². The van der Waals surface area contributed by atoms with Crippen LogP contribution < -0.4 is 0 Å². The highest BCUT2D eigenvalue weighted by molar-refractivity contribution is 6.28. The second-order valence-corrected chi connectivity index (χ2v) is 11.6. The van der Waals surface area contributed by atoms with Crippen LogP contribution in [0.5, 0.6) is 0 Å². The Morgan fingerprint density at radius 3 is 2.05 bits per heavy atom. The minimum Gasteiger partial charge on any atom is -0.309 e. The minimum atomic E-state index is 0.989. The smallest absolute Gasteiger partial charge is 0.146 e. The van der Waals surface area contributed by atoms with E-state index in [-0.39, 0.29) is 0 Å². The highest BCUT2D eigenvalue weighted by atomic mass is 15.0. The maximum Gasteiger partial charge on any atom is 0.146 e. The molecule has 0 N–H and O–H groups in total. The zero-order valence-electron chi connectivity index (χ0n) is 23.8. The minimum absolute atomic E-state index is 0.989. The number of para-hydroxylation sites is 4. The fourth-order valence-corrected chi connectivity index (χ4v) is 7.31. The SMILES string of the molecule is c1cc(-c2ccc3ccccc3c2)cc(-n2c3ccccc3c3ccc4c(c5ccccc5n5c6ccccc6nc45)c32)c1. The third kappa shape index (κ3) is 3.18. The molecular formula is C41H25N3. The van der Waals surface area contributed by atoms with Crippen molar-refractivity contribution in [3.8, 4) is 16.8 Å². The summed E-state index contributed by atoms with van der Waals surface area (Å²) in [5, 5.41) is 8.61. The second-order valence-electron chi connectivity index (χ2n) is 11.6. The molecule has 204 valence electrons. The van der Waals surface area contributed by atoms with Gasteiger partial charge >= 0.3 is 0 Å². The highest BCUT2D eigenvalue weighted by Crippen LogP contribution is 2.42. The molecule has 0 atom stereocenters. The Balaban J connectivity index is 1.36. The van der Waals surface area contributed by atoms with E-state index in [1.165, 1.54) is 54.5 Å². The summed E-state index contributed by atoms with van der Waals surface area (Å²) in [4.78, 5) is 5.19. The molecule has 0 radical (unpaired) electrons. The van der Waals surface area contributed by atoms with Crippen molar-refractivity contribution >= 4 is 70.9 Å². The van der Waals surface area contributed by atoms with Crippen LogP contribution in [-0.2, 0) is 0 Å². The van der Waals surface area contributed by atoms with Gasteiger partial charge in [0.05, 0.1) is 27.6 Å². The Morgan fingerprint density at radius 1 is 0.432 bits per heavy atom. The van der Waals surface area contributed by atoms with Gasteiger partial charge in [-0.05, 0) is 70.4 Å². The van der Waals surface area contributed by atoms with Crippen LogP contribution in [0.2, 0.25) is 0 Å². The summed E-state index contributed by atoms with van der Waals surface area (Å²) >= 11 is 0. The maximum atomic E-state index is 5.19. The molecule has 0 spiro atoms. The van der Waals surface area contributed by atoms with E-state index in [2.05, 4.69) is 161 Å². The van der Waals surface area contributed by atoms with Crippen LogP contribution in [0.1, 0.15) is 0 Å². The Morgan fingerprint density at radius 2 is 1.14 bits per heavy atom. The predicted molar refractivity (Wildman–Crippen MR) is 185 cm³/mol. The zero-order chi connectivity index (χ0) is 28.8. The molecule has 3 heterocycles. The lowest BCUT2D eigenvalue weighted by Crippen LogP contribution is -1.97. The average molecular weight is 560 g/mol. The summed E-state index contributed by atoms with van der Waals surface area (Å²) in [6.07, 6.45) is 0. The predicted octanol–water partition coefficient (Wildman–Crippen LogP) is 10.7. The molecule has 0 fully saturated rings. The molecule has 0 bridgehead atoms. The Bertz CT molecular complexity index is 2780. The number of imidazole rings is 1. The van der Waals surface area contributed by atoms with Gasteiger partial charge in [0.15, 0.2) is 0 Å². The highest BCUT2D eigenvalue weighted by Gasteiger charge is 2.20. The standard InChI is InChI=1S/C41H25N3/c1-2-11-27-24-29(21-20-26(27)10-1)28-12-9-13-30(25-28)43-36-17-6-3-14-31(36)32-22-23-34-39(40(32)43)33-15-4-7-18-37(33)44-38-19-8-5-16-35(38)42-41(34)44/h1-25H. The van der Waals surface area contributed by atoms with Crippen LogP contribution in [0.4, 0.5) is 0 Å². The molecule has 0 aliphatic rings. The number of aromatic nitrogens is 3. The molecule has 0 unspecified atom stereocenters. The van der Waals surface area contributed by atoms with Crippen molar-refractivity contribution in [1.82, 2.24) is 14.0 Å². The van der Waals surface area contributed by atoms with Gasteiger partial charge in [0, 0.05) is 32.6 Å². The van der Waals surface area contributed by atoms with Gasteiger partial charge in [0.25, 0.3) is 0 Å². The third-order valence-electron chi connectivity index (χ3n) is 9.24. The lowest BCUT2D eigenvalue weighted by molar-refractivity contribution is 1.19. The van der Waals surface area contributed by atoms with Gasteiger partial charge in [-0.3, -0.25) is 4.40 Å². The van der Waals surface area contributed by atoms with Gasteiger partial charge in [0.1, 0.15) is 5.65 Å². The average Bonchev–Trinajstić information content (AvgIpc) is 3.65. The summed E-state index contributed by atoms with van der Waals surface area (Å²) < 4.78 is 4.79. The van der Waals surface area contributed by atoms with E-state index in [1.54, 1.807) is 0 Å². The van der Waals surface area contributed by atoms with E-state index in [4.69, 9.17) is 4.98 Å². The van der Waals surface area contributed by atoms with Crippen LogP contribution in [0.3, 0.4) is 0 Å². The van der Waals surface area contributed by atoms with Crippen molar-refractivity contribution in [2.75, 3.05) is 0 Å². The fourth-order valence-electron chi connectivity index (χ4n) is 7.31. The molecule has 10 aromatic rings. The molecule has 7 aromatic carbocycles. The van der Waals surface area contributed by atoms with E-state index >= 15 is 0 Å². The first kappa shape index (κ1) is 23.6. The van der Waals surface area contributed by atoms with Gasteiger partial charge in [0.2, 0.25) is 0 Å². The van der Waals surface area contributed by atoms with Crippen molar-refractivity contribution in [3.05, 3.63) is 152 Å². The number of rotatable bonds is 2. The van der Waals surface area contributed by atoms with Crippen molar-refractivity contribution in [2.45, 2.75) is 0 Å². The molecule has 10 rings (SSSR count). The van der Waals surface area contributed by atoms with E-state index in [0.29, 0.717) is 0 Å². The van der Waals surface area contributed by atoms with E-state index in [9.17, 15) is 0 Å². The topological polar surface area (TPSA) is 22.2 Å². The van der Waals surface area contributed by atoms with Gasteiger partial charge in [-0.2, -0.15) is 0 Å². The first-order chi connectivity index (χ1) is 21.8. The number of pyridine rings is 1. The Labute approximate surface area is 252 Å². The van der Waals surface area contributed by atoms with Crippen LogP contribution in [0, 0.1) is 0 Å². The second kappa shape index (κ2) is 8.79. The van der Waals surface area contributed by atoms with E-state index in [1.807, 2.05) is 0 Å². The number of hydrogen-bond donors (Lipinski definition) is 0. The summed E-state index contributed by atoms with van der Waals surface area (Å²) in [5.41, 5.74) is 10.3. The Kier molecular flexibility index (Phi) is 4.72. The van der Waals surface area contributed by atoms with Gasteiger partial charge in [-0.25, -0.2) is 4.98 Å². The van der Waals surface area contributed by atoms with Crippen LogP contribution in [0.25, 0.3) is 87.7 Å². The molecular weight excluding hydrogens is 534 g/mol. The van der Waals surface area contributed by atoms with Crippen LogP contribution in [-0.4, -0.2) is 14.0 Å². The number of nitrogens with zero attached hydrogens (tertiary/aromatic N) is 3. The first-order valence-electron chi connectivity index (χ1n) is 15.1. The molecule has 0 saturated heterocycles. The van der Waals surface area contributed by atoms with Gasteiger partial charge in [-0.1, -0.05) is 103 Å². The van der Waals surface area contributed by atoms with Gasteiger partial charge < -0.3 is 4.57 Å². The number of hydrogen-bond acceptors (Lipinski definition) is 1. The summed E-state index contributed by atoms with van der Waals surface area (Å²) in [6, 6.07) is 54.8. The quantitative estimate of drug-likeness (QED) is 0.193. The maximum absolute atomic E-state index is 5.19. The van der Waals surface area contributed by atoms with E-state index in [0.717, 1.165) is 33.3 Å². The molecule has 3 aromatic heterocycles. The number of benzene rings is 7. The molecule has 3 heteroatoms. The fraction of sp³-hybridized carbons (Fsp3) is 0. The summed E-state index contributed by atoms with van der Waals surface area (Å²) in [7, 11) is 0. The first-order valence-corrected chi connectivity index (χ1v) is 15.1. The summed E-state index contributed by atoms with van der Waals surface area (Å²) in [6.45, 7) is 0. The van der Waals surface area contributed by atoms with Crippen LogP contribution in [0.15, 0.2) is 152 Å². The monoisotopic (exact) mass is 559 g/mol. The lowest BCUT2D eigenvalue weighted by atomic mass is 10.0. The van der Waals surface area contributed by atoms with Crippen molar-refractivity contribution in [1.29, 1.82) is 0 Å². The van der Waals surface area contributed by atoms with E-state index < -0.39 is 0 Å². The molecule has 3 nitrogen and oxygen atoms in total. The molecule has 0 aliphatic heterocycles. The van der Waals surface area contributed by atoms with Crippen molar-refractivity contribution in [2.24, 2.45) is 0 Å². The van der Waals surface area contributed by atoms with Gasteiger partial charge in [-0.15, -0.1) is 0 Å². The summed E-state index contributed by atoms with van der Waals surface area (Å²) in [5.74, 6) is 0. The molecule has 0 amide bonds.